The number of hydrogen-bond donors (Lipinski definition) is 2. The molecule has 1 fully saturated rings. The number of hydrogen-bond acceptors (Lipinski definition) is 5. The Morgan fingerprint density at radius 3 is 2.90 bits per heavy atom. The largest absolute Gasteiger partial charge is 0.313 e. The summed E-state index contributed by atoms with van der Waals surface area (Å²) in [5.41, 5.74) is 0.705. The van der Waals surface area contributed by atoms with Crippen molar-refractivity contribution in [1.82, 2.24) is 24.7 Å². The molecule has 1 unspecified atom stereocenters. The van der Waals surface area contributed by atoms with Gasteiger partial charge in [0.05, 0.1) is 6.20 Å². The van der Waals surface area contributed by atoms with E-state index in [1.54, 1.807) is 10.5 Å². The highest BCUT2D eigenvalue weighted by molar-refractivity contribution is 7.89. The van der Waals surface area contributed by atoms with Crippen molar-refractivity contribution >= 4 is 10.0 Å². The number of nitrogens with zero attached hydrogens (tertiary/aromatic N) is 3. The summed E-state index contributed by atoms with van der Waals surface area (Å²) in [5, 5.41) is 10.0. The third-order valence-corrected chi connectivity index (χ3v) is 5.76. The predicted octanol–water partition coefficient (Wildman–Crippen LogP) is 0.234. The lowest BCUT2D eigenvalue weighted by Gasteiger charge is -2.20. The monoisotopic (exact) mass is 315 g/mol. The van der Waals surface area contributed by atoms with Crippen LogP contribution in [0.1, 0.15) is 25.3 Å². The molecule has 0 aliphatic carbocycles. The van der Waals surface area contributed by atoms with Crippen LogP contribution < -0.4 is 5.32 Å². The summed E-state index contributed by atoms with van der Waals surface area (Å²) >= 11 is 0. The molecule has 1 aromatic heterocycles. The molecule has 1 atom stereocenters. The zero-order chi connectivity index (χ0) is 15.5. The molecule has 0 radical (unpaired) electrons. The first-order chi connectivity index (χ1) is 9.96. The van der Waals surface area contributed by atoms with Gasteiger partial charge in [-0.15, -0.1) is 0 Å². The molecule has 0 aromatic carbocycles. The van der Waals surface area contributed by atoms with E-state index in [9.17, 15) is 8.42 Å². The van der Waals surface area contributed by atoms with Gasteiger partial charge < -0.3 is 10.2 Å². The Morgan fingerprint density at radius 1 is 1.52 bits per heavy atom. The summed E-state index contributed by atoms with van der Waals surface area (Å²) in [5.74, 6) is 0. The van der Waals surface area contributed by atoms with Gasteiger partial charge in [-0.05, 0) is 33.5 Å². The molecule has 2 N–H and O–H groups in total. The Kier molecular flexibility index (Phi) is 5.37. The van der Waals surface area contributed by atoms with Gasteiger partial charge in [-0.2, -0.15) is 9.40 Å². The van der Waals surface area contributed by atoms with Crippen LogP contribution in [0, 0.1) is 0 Å². The van der Waals surface area contributed by atoms with E-state index in [0.717, 1.165) is 19.4 Å². The number of rotatable bonds is 7. The van der Waals surface area contributed by atoms with E-state index in [1.807, 2.05) is 14.1 Å². The minimum absolute atomic E-state index is 0.227. The summed E-state index contributed by atoms with van der Waals surface area (Å²) < 4.78 is 27.0. The Labute approximate surface area is 126 Å². The summed E-state index contributed by atoms with van der Waals surface area (Å²) in [7, 11) is 0.485. The van der Waals surface area contributed by atoms with Crippen molar-refractivity contribution in [3.63, 3.8) is 0 Å². The first-order valence-electron chi connectivity index (χ1n) is 7.36. The Balaban J connectivity index is 2.12. The van der Waals surface area contributed by atoms with Gasteiger partial charge in [0.2, 0.25) is 0 Å². The number of nitrogens with one attached hydrogen (secondary N) is 2. The zero-order valence-electron chi connectivity index (χ0n) is 13.0. The van der Waals surface area contributed by atoms with E-state index in [-0.39, 0.29) is 11.1 Å². The fraction of sp³-hybridized carbons (Fsp3) is 0.769. The molecule has 2 rings (SSSR count). The molecular weight excluding hydrogens is 290 g/mol. The molecule has 1 saturated heterocycles. The average molecular weight is 315 g/mol. The molecule has 0 saturated carbocycles. The molecule has 1 aromatic rings. The van der Waals surface area contributed by atoms with Crippen LogP contribution in [0.15, 0.2) is 11.2 Å². The minimum Gasteiger partial charge on any atom is -0.313 e. The molecule has 0 bridgehead atoms. The van der Waals surface area contributed by atoms with Gasteiger partial charge in [-0.3, -0.25) is 5.10 Å². The highest BCUT2D eigenvalue weighted by Gasteiger charge is 2.35. The second-order valence-corrected chi connectivity index (χ2v) is 7.55. The van der Waals surface area contributed by atoms with Crippen LogP contribution in [0.4, 0.5) is 0 Å². The fourth-order valence-corrected chi connectivity index (χ4v) is 4.12. The number of H-pyrrole nitrogens is 1. The normalized spacial score (nSPS) is 20.5. The van der Waals surface area contributed by atoms with Gasteiger partial charge in [-0.1, -0.05) is 6.92 Å². The smallest absolute Gasteiger partial charge is 0.260 e. The maximum Gasteiger partial charge on any atom is 0.260 e. The average Bonchev–Trinajstić information content (AvgIpc) is 3.08. The Hall–Kier alpha value is -0.960. The van der Waals surface area contributed by atoms with Crippen molar-refractivity contribution in [3.8, 4) is 0 Å². The third kappa shape index (κ3) is 3.63. The van der Waals surface area contributed by atoms with Gasteiger partial charge in [0.15, 0.2) is 5.03 Å². The lowest BCUT2D eigenvalue weighted by Crippen LogP contribution is -2.35. The van der Waals surface area contributed by atoms with Crippen molar-refractivity contribution in [3.05, 3.63) is 11.8 Å². The van der Waals surface area contributed by atoms with Crippen molar-refractivity contribution in [1.29, 1.82) is 0 Å². The molecule has 21 heavy (non-hydrogen) atoms. The number of aromatic nitrogens is 2. The molecule has 0 spiro atoms. The maximum absolute atomic E-state index is 12.7. The van der Waals surface area contributed by atoms with Crippen LogP contribution >= 0.6 is 0 Å². The van der Waals surface area contributed by atoms with Crippen molar-refractivity contribution < 1.29 is 8.42 Å². The van der Waals surface area contributed by atoms with E-state index in [0.29, 0.717) is 25.2 Å². The quantitative estimate of drug-likeness (QED) is 0.704. The molecule has 7 nitrogen and oxygen atoms in total. The highest BCUT2D eigenvalue weighted by Crippen LogP contribution is 2.23. The number of sulfonamides is 1. The third-order valence-electron chi connectivity index (χ3n) is 3.87. The molecule has 120 valence electrons. The van der Waals surface area contributed by atoms with Crippen molar-refractivity contribution in [2.24, 2.45) is 0 Å². The first-order valence-corrected chi connectivity index (χ1v) is 8.80. The van der Waals surface area contributed by atoms with Gasteiger partial charge in [0.25, 0.3) is 10.0 Å². The SMILES string of the molecule is CCCNCc1cn[nH]c1S(=O)(=O)N1CCC(N(C)C)C1. The second kappa shape index (κ2) is 6.87. The van der Waals surface area contributed by atoms with Gasteiger partial charge in [0, 0.05) is 31.2 Å². The predicted molar refractivity (Wildman–Crippen MR) is 81.4 cm³/mol. The second-order valence-electron chi connectivity index (χ2n) is 5.67. The van der Waals surface area contributed by atoms with Crippen LogP contribution in [0.2, 0.25) is 0 Å². The highest BCUT2D eigenvalue weighted by atomic mass is 32.2. The van der Waals surface area contributed by atoms with Crippen LogP contribution in [0.5, 0.6) is 0 Å². The summed E-state index contributed by atoms with van der Waals surface area (Å²) in [6.45, 7) is 4.55. The molecule has 8 heteroatoms. The maximum atomic E-state index is 12.7. The van der Waals surface area contributed by atoms with Crippen LogP contribution in [-0.4, -0.2) is 67.6 Å². The molecular formula is C13H25N5O2S. The molecule has 2 heterocycles. The fourth-order valence-electron chi connectivity index (χ4n) is 2.53. The Bertz CT molecular complexity index is 555. The molecule has 0 amide bonds. The molecule has 1 aliphatic heterocycles. The minimum atomic E-state index is -3.48. The zero-order valence-corrected chi connectivity index (χ0v) is 13.8. The van der Waals surface area contributed by atoms with Gasteiger partial charge in [0.1, 0.15) is 0 Å². The lowest BCUT2D eigenvalue weighted by molar-refractivity contribution is 0.302. The van der Waals surface area contributed by atoms with Crippen LogP contribution in [0.3, 0.4) is 0 Å². The number of aromatic amines is 1. The summed E-state index contributed by atoms with van der Waals surface area (Å²) in [6, 6.07) is 0.282. The van der Waals surface area contributed by atoms with Gasteiger partial charge >= 0.3 is 0 Å². The van der Waals surface area contributed by atoms with E-state index >= 15 is 0 Å². The topological polar surface area (TPSA) is 81.3 Å². The van der Waals surface area contributed by atoms with E-state index in [1.165, 1.54) is 0 Å². The molecule has 1 aliphatic rings. The number of likely N-dealkylation sites (N-methyl/N-ethyl adjacent to an activating group) is 1. The van der Waals surface area contributed by atoms with Gasteiger partial charge in [-0.25, -0.2) is 8.42 Å². The first kappa shape index (κ1) is 16.4. The standard InChI is InChI=1S/C13H25N5O2S/c1-4-6-14-8-11-9-15-16-13(11)21(19,20)18-7-5-12(10-18)17(2)3/h9,12,14H,4-8,10H2,1-3H3,(H,15,16). The van der Waals surface area contributed by atoms with Crippen LogP contribution in [0.25, 0.3) is 0 Å². The summed E-state index contributed by atoms with van der Waals surface area (Å²) in [4.78, 5) is 2.08. The van der Waals surface area contributed by atoms with E-state index in [2.05, 4.69) is 27.3 Å². The Morgan fingerprint density at radius 2 is 2.29 bits per heavy atom. The lowest BCUT2D eigenvalue weighted by atomic mass is 10.2. The van der Waals surface area contributed by atoms with E-state index in [4.69, 9.17) is 0 Å². The van der Waals surface area contributed by atoms with Crippen molar-refractivity contribution in [2.75, 3.05) is 33.7 Å². The van der Waals surface area contributed by atoms with Crippen molar-refractivity contribution in [2.45, 2.75) is 37.4 Å². The van der Waals surface area contributed by atoms with Crippen LogP contribution in [-0.2, 0) is 16.6 Å². The summed E-state index contributed by atoms with van der Waals surface area (Å²) in [6.07, 6.45) is 3.47. The van der Waals surface area contributed by atoms with E-state index < -0.39 is 10.0 Å².